The fourth-order valence-corrected chi connectivity index (χ4v) is 5.54. The first-order valence-corrected chi connectivity index (χ1v) is 11.0. The lowest BCUT2D eigenvalue weighted by Crippen LogP contribution is -1.97. The van der Waals surface area contributed by atoms with Gasteiger partial charge in [0.15, 0.2) is 0 Å². The van der Waals surface area contributed by atoms with Crippen LogP contribution in [0.5, 0.6) is 0 Å². The molecule has 0 radical (unpaired) electrons. The van der Waals surface area contributed by atoms with E-state index in [4.69, 9.17) is 28.3 Å². The van der Waals surface area contributed by atoms with Crippen LogP contribution in [0.15, 0.2) is 36.4 Å². The molecule has 10 nitrogen and oxygen atoms in total. The third-order valence-corrected chi connectivity index (χ3v) is 7.50. The predicted octanol–water partition coefficient (Wildman–Crippen LogP) is 6.41. The second-order valence-electron chi connectivity index (χ2n) is 6.16. The van der Waals surface area contributed by atoms with Crippen molar-refractivity contribution in [3.63, 3.8) is 0 Å². The summed E-state index contributed by atoms with van der Waals surface area (Å²) in [6.45, 7) is 0. The topological polar surface area (TPSA) is 150 Å². The maximum atomic E-state index is 11.4. The Kier molecular flexibility index (Phi) is 7.12. The number of fused-ring (bicyclic) bond motifs is 2. The molecular formula is C19H10Cl2N2O8S2. The Morgan fingerprint density at radius 3 is 1.70 bits per heavy atom. The van der Waals surface area contributed by atoms with Gasteiger partial charge in [-0.15, -0.1) is 22.7 Å². The highest BCUT2D eigenvalue weighted by atomic mass is 35.5. The van der Waals surface area contributed by atoms with Gasteiger partial charge in [0.1, 0.15) is 9.75 Å². The number of non-ortho nitro benzene ring substituents is 2. The number of carboxylic acid groups (broad SMARTS) is 1. The van der Waals surface area contributed by atoms with Crippen LogP contribution in [-0.4, -0.2) is 34.0 Å². The molecule has 2 heterocycles. The monoisotopic (exact) mass is 528 g/mol. The largest absolute Gasteiger partial charge is 0.477 e. The lowest BCUT2D eigenvalue weighted by Gasteiger charge is -1.94. The number of carbonyl (C=O) groups is 2. The van der Waals surface area contributed by atoms with E-state index in [1.54, 1.807) is 0 Å². The van der Waals surface area contributed by atoms with E-state index in [-0.39, 0.29) is 31.2 Å². The van der Waals surface area contributed by atoms with Crippen LogP contribution < -0.4 is 0 Å². The predicted molar refractivity (Wildman–Crippen MR) is 125 cm³/mol. The van der Waals surface area contributed by atoms with Crippen molar-refractivity contribution < 1.29 is 29.3 Å². The summed E-state index contributed by atoms with van der Waals surface area (Å²) in [5.41, 5.74) is -0.116. The zero-order valence-electron chi connectivity index (χ0n) is 16.2. The number of halogens is 2. The number of hydrogen-bond donors (Lipinski definition) is 1. The number of hydrogen-bond acceptors (Lipinski definition) is 9. The maximum Gasteiger partial charge on any atom is 0.349 e. The number of carboxylic acids is 1. The highest BCUT2D eigenvalue weighted by Gasteiger charge is 2.20. The first-order valence-electron chi connectivity index (χ1n) is 8.59. The van der Waals surface area contributed by atoms with Crippen molar-refractivity contribution in [2.45, 2.75) is 0 Å². The quantitative estimate of drug-likeness (QED) is 0.181. The zero-order valence-corrected chi connectivity index (χ0v) is 19.4. The van der Waals surface area contributed by atoms with Gasteiger partial charge in [-0.3, -0.25) is 20.2 Å². The number of ether oxygens (including phenoxy) is 1. The molecular weight excluding hydrogens is 519 g/mol. The average Bonchev–Trinajstić information content (AvgIpc) is 3.30. The fourth-order valence-electron chi connectivity index (χ4n) is 2.70. The van der Waals surface area contributed by atoms with Gasteiger partial charge in [0.2, 0.25) is 0 Å². The van der Waals surface area contributed by atoms with Gasteiger partial charge in [-0.05, 0) is 12.1 Å². The van der Waals surface area contributed by atoms with Crippen LogP contribution in [0.25, 0.3) is 20.2 Å². The molecule has 33 heavy (non-hydrogen) atoms. The van der Waals surface area contributed by atoms with E-state index in [1.807, 2.05) is 0 Å². The molecule has 0 saturated carbocycles. The summed E-state index contributed by atoms with van der Waals surface area (Å²) in [5.74, 6) is -1.67. The molecule has 2 aromatic carbocycles. The van der Waals surface area contributed by atoms with Gasteiger partial charge >= 0.3 is 11.9 Å². The number of nitrogens with zero attached hydrogens (tertiary/aromatic N) is 2. The molecule has 0 bridgehead atoms. The minimum Gasteiger partial charge on any atom is -0.477 e. The molecule has 0 unspecified atom stereocenters. The standard InChI is InChI=1S/C10H6ClNO4S.C9H4ClNO4S/c1-16-10(13)9-8(11)6-3-2-5(12(14)15)4-7(6)17-9;10-7-5-2-1-4(11(14)15)3-6(5)16-8(7)9(12)13/h2-4H,1H3;1-3H,(H,12,13). The van der Waals surface area contributed by atoms with Crippen LogP contribution >= 0.6 is 45.9 Å². The van der Waals surface area contributed by atoms with E-state index in [0.717, 1.165) is 22.7 Å². The van der Waals surface area contributed by atoms with Crippen molar-refractivity contribution in [1.82, 2.24) is 0 Å². The van der Waals surface area contributed by atoms with Crippen LogP contribution in [0.4, 0.5) is 11.4 Å². The Morgan fingerprint density at radius 1 is 0.879 bits per heavy atom. The van der Waals surface area contributed by atoms with Gasteiger partial charge in [0.05, 0.1) is 27.0 Å². The van der Waals surface area contributed by atoms with Crippen molar-refractivity contribution in [1.29, 1.82) is 0 Å². The van der Waals surface area contributed by atoms with Gasteiger partial charge in [-0.2, -0.15) is 0 Å². The number of aromatic carboxylic acids is 1. The molecule has 1 N–H and O–H groups in total. The van der Waals surface area contributed by atoms with Crippen molar-refractivity contribution in [2.24, 2.45) is 0 Å². The molecule has 14 heteroatoms. The summed E-state index contributed by atoms with van der Waals surface area (Å²) in [7, 11) is 1.26. The molecule has 4 aromatic rings. The Morgan fingerprint density at radius 2 is 1.30 bits per heavy atom. The van der Waals surface area contributed by atoms with Crippen LogP contribution in [0, 0.1) is 20.2 Å². The van der Waals surface area contributed by atoms with Crippen LogP contribution in [0.2, 0.25) is 10.0 Å². The molecule has 170 valence electrons. The molecule has 0 atom stereocenters. The van der Waals surface area contributed by atoms with E-state index in [0.29, 0.717) is 20.2 Å². The van der Waals surface area contributed by atoms with E-state index in [1.165, 1.54) is 43.5 Å². The zero-order chi connectivity index (χ0) is 24.4. The molecule has 0 saturated heterocycles. The molecule has 0 aliphatic heterocycles. The molecule has 4 rings (SSSR count). The second kappa shape index (κ2) is 9.67. The Bertz CT molecular complexity index is 1450. The number of nitro benzene ring substituents is 2. The number of nitro groups is 2. The number of rotatable bonds is 4. The summed E-state index contributed by atoms with van der Waals surface area (Å²) in [6.07, 6.45) is 0. The van der Waals surface area contributed by atoms with Gasteiger partial charge in [-0.1, -0.05) is 23.2 Å². The fraction of sp³-hybridized carbons (Fsp3) is 0.0526. The number of benzene rings is 2. The molecule has 0 amide bonds. The third kappa shape index (κ3) is 4.88. The highest BCUT2D eigenvalue weighted by molar-refractivity contribution is 7.22. The number of thiophene rings is 2. The Balaban J connectivity index is 0.000000186. The van der Waals surface area contributed by atoms with Crippen molar-refractivity contribution in [3.8, 4) is 0 Å². The summed E-state index contributed by atoms with van der Waals surface area (Å²) in [5, 5.41) is 31.5. The van der Waals surface area contributed by atoms with E-state index >= 15 is 0 Å². The normalized spacial score (nSPS) is 10.5. The molecule has 0 aliphatic rings. The van der Waals surface area contributed by atoms with Crippen molar-refractivity contribution in [3.05, 3.63) is 76.4 Å². The SMILES string of the molecule is COC(=O)c1sc2cc([N+](=O)[O-])ccc2c1Cl.O=C(O)c1sc2cc([N+](=O)[O-])ccc2c1Cl. The van der Waals surface area contributed by atoms with E-state index in [2.05, 4.69) is 4.74 Å². The summed E-state index contributed by atoms with van der Waals surface area (Å²) in [6, 6.07) is 8.34. The smallest absolute Gasteiger partial charge is 0.349 e. The summed E-state index contributed by atoms with van der Waals surface area (Å²) in [4.78, 5) is 42.6. The number of methoxy groups -OCH3 is 1. The van der Waals surface area contributed by atoms with Crippen LogP contribution in [0.1, 0.15) is 19.3 Å². The van der Waals surface area contributed by atoms with E-state index in [9.17, 15) is 29.8 Å². The first kappa shape index (κ1) is 24.3. The lowest BCUT2D eigenvalue weighted by molar-refractivity contribution is -0.384. The molecule has 0 fully saturated rings. The number of carbonyl (C=O) groups excluding carboxylic acids is 1. The maximum absolute atomic E-state index is 11.4. The van der Waals surface area contributed by atoms with Crippen LogP contribution in [-0.2, 0) is 4.74 Å². The van der Waals surface area contributed by atoms with Gasteiger partial charge in [0.25, 0.3) is 11.4 Å². The lowest BCUT2D eigenvalue weighted by atomic mass is 10.2. The van der Waals surface area contributed by atoms with Crippen LogP contribution in [0.3, 0.4) is 0 Å². The average molecular weight is 529 g/mol. The Hall–Kier alpha value is -3.32. The summed E-state index contributed by atoms with van der Waals surface area (Å²) >= 11 is 13.9. The third-order valence-electron chi connectivity index (χ3n) is 4.21. The number of esters is 1. The van der Waals surface area contributed by atoms with E-state index < -0.39 is 21.8 Å². The molecule has 2 aromatic heterocycles. The minimum absolute atomic E-state index is 0.00263. The Labute approximate surface area is 201 Å². The van der Waals surface area contributed by atoms with Gasteiger partial charge < -0.3 is 9.84 Å². The highest BCUT2D eigenvalue weighted by Crippen LogP contribution is 2.38. The molecule has 0 aliphatic carbocycles. The van der Waals surface area contributed by atoms with Gasteiger partial charge in [-0.25, -0.2) is 9.59 Å². The summed E-state index contributed by atoms with van der Waals surface area (Å²) < 4.78 is 5.66. The molecule has 0 spiro atoms. The van der Waals surface area contributed by atoms with Crippen molar-refractivity contribution >= 4 is 89.4 Å². The first-order chi connectivity index (χ1) is 15.5. The minimum atomic E-state index is -1.13. The second-order valence-corrected chi connectivity index (χ2v) is 9.02. The van der Waals surface area contributed by atoms with Crippen molar-refractivity contribution in [2.75, 3.05) is 7.11 Å². The van der Waals surface area contributed by atoms with Gasteiger partial charge in [0, 0.05) is 44.4 Å².